The molecule has 3 heterocycles. The summed E-state index contributed by atoms with van der Waals surface area (Å²) in [6.45, 7) is 4.57. The second kappa shape index (κ2) is 12.3. The minimum absolute atomic E-state index is 0.0546. The molecule has 1 aromatic heterocycles. The van der Waals surface area contributed by atoms with Gasteiger partial charge in [0.1, 0.15) is 5.82 Å². The first-order valence-corrected chi connectivity index (χ1v) is 11.8. The van der Waals surface area contributed by atoms with E-state index < -0.39 is 17.6 Å². The van der Waals surface area contributed by atoms with Crippen molar-refractivity contribution in [3.63, 3.8) is 0 Å². The molecule has 2 aliphatic rings. The summed E-state index contributed by atoms with van der Waals surface area (Å²) in [6.07, 6.45) is 1.42. The number of carbonyl (C=O) groups excluding carboxylic acids is 2. The number of nitrogens with two attached hydrogens (primary N) is 1. The highest BCUT2D eigenvalue weighted by atomic mass is 19.3. The number of nitrogens with one attached hydrogen (secondary N) is 2. The lowest BCUT2D eigenvalue weighted by Gasteiger charge is -2.33. The Bertz CT molecular complexity index is 1170. The molecule has 0 spiro atoms. The van der Waals surface area contributed by atoms with Crippen molar-refractivity contribution < 1.29 is 32.7 Å². The number of carbonyl (C=O) groups is 3. The molecule has 5 N–H and O–H groups in total. The number of aromatic nitrogens is 1. The molecule has 10 nitrogen and oxygen atoms in total. The van der Waals surface area contributed by atoms with E-state index in [-0.39, 0.29) is 61.6 Å². The second-order valence-corrected chi connectivity index (χ2v) is 8.82. The lowest BCUT2D eigenvalue weighted by atomic mass is 10.1. The van der Waals surface area contributed by atoms with Crippen LogP contribution in [0.1, 0.15) is 29.6 Å². The predicted molar refractivity (Wildman–Crippen MR) is 136 cm³/mol. The number of nitrogens with zero attached hydrogens (tertiary/aromatic N) is 3. The van der Waals surface area contributed by atoms with E-state index in [0.717, 1.165) is 11.8 Å². The summed E-state index contributed by atoms with van der Waals surface area (Å²) in [5.41, 5.74) is 6.75. The van der Waals surface area contributed by atoms with Gasteiger partial charge in [-0.2, -0.15) is 0 Å². The normalized spacial score (nSPS) is 18.1. The van der Waals surface area contributed by atoms with Gasteiger partial charge in [0, 0.05) is 56.4 Å². The number of amides is 2. The van der Waals surface area contributed by atoms with E-state index in [1.807, 2.05) is 4.90 Å². The van der Waals surface area contributed by atoms with Crippen molar-refractivity contribution in [3.8, 4) is 0 Å². The molecule has 1 atom stereocenters. The van der Waals surface area contributed by atoms with Crippen molar-refractivity contribution >= 4 is 41.3 Å². The quantitative estimate of drug-likeness (QED) is 0.314. The van der Waals surface area contributed by atoms with Gasteiger partial charge >= 0.3 is 0 Å². The van der Waals surface area contributed by atoms with Crippen molar-refractivity contribution in [2.75, 3.05) is 41.3 Å². The van der Waals surface area contributed by atoms with Gasteiger partial charge in [-0.15, -0.1) is 0 Å². The molecule has 38 heavy (non-hydrogen) atoms. The van der Waals surface area contributed by atoms with Gasteiger partial charge in [-0.25, -0.2) is 18.2 Å². The Kier molecular flexibility index (Phi) is 9.16. The lowest BCUT2D eigenvalue weighted by molar-refractivity contribution is -0.123. The Labute approximate surface area is 217 Å². The first-order valence-electron chi connectivity index (χ1n) is 11.8. The van der Waals surface area contributed by atoms with Crippen LogP contribution in [-0.2, 0) is 9.59 Å². The first-order chi connectivity index (χ1) is 18.1. The number of anilines is 4. The largest absolute Gasteiger partial charge is 0.483 e. The van der Waals surface area contributed by atoms with Gasteiger partial charge in [-0.3, -0.25) is 14.4 Å². The van der Waals surface area contributed by atoms with Crippen LogP contribution in [-0.4, -0.2) is 66.5 Å². The molecule has 4 rings (SSSR count). The van der Waals surface area contributed by atoms with Crippen LogP contribution in [0.5, 0.6) is 0 Å². The number of alkyl halides is 2. The SMILES string of the molecule is C=CC(=O)N[C@H]1CCN(c2nc(Nc3ccc(N4CCC(F)(F)CC4)cc3)c(F)cc2C(N)=O)C1.O=CO. The van der Waals surface area contributed by atoms with E-state index in [1.54, 1.807) is 29.2 Å². The van der Waals surface area contributed by atoms with E-state index in [2.05, 4.69) is 22.2 Å². The third kappa shape index (κ3) is 7.14. The minimum Gasteiger partial charge on any atom is -0.483 e. The van der Waals surface area contributed by atoms with E-state index in [4.69, 9.17) is 15.6 Å². The highest BCUT2D eigenvalue weighted by Crippen LogP contribution is 2.32. The van der Waals surface area contributed by atoms with Crippen molar-refractivity contribution in [2.45, 2.75) is 31.2 Å². The highest BCUT2D eigenvalue weighted by molar-refractivity contribution is 5.98. The van der Waals surface area contributed by atoms with E-state index >= 15 is 0 Å². The molecule has 0 unspecified atom stereocenters. The van der Waals surface area contributed by atoms with Crippen LogP contribution in [0.3, 0.4) is 0 Å². The molecule has 2 fully saturated rings. The zero-order valence-electron chi connectivity index (χ0n) is 20.5. The van der Waals surface area contributed by atoms with Crippen molar-refractivity contribution in [1.82, 2.24) is 10.3 Å². The number of primary amides is 1. The fourth-order valence-corrected chi connectivity index (χ4v) is 4.30. The fraction of sp³-hybridized carbons (Fsp3) is 0.360. The Morgan fingerprint density at radius 2 is 1.79 bits per heavy atom. The first kappa shape index (κ1) is 28.3. The third-order valence-corrected chi connectivity index (χ3v) is 6.23. The number of hydrogen-bond donors (Lipinski definition) is 4. The van der Waals surface area contributed by atoms with Crippen LogP contribution in [0.15, 0.2) is 43.0 Å². The number of benzene rings is 1. The van der Waals surface area contributed by atoms with Crippen LogP contribution in [0.2, 0.25) is 0 Å². The number of rotatable bonds is 7. The summed E-state index contributed by atoms with van der Waals surface area (Å²) in [4.78, 5) is 39.9. The van der Waals surface area contributed by atoms with E-state index in [0.29, 0.717) is 25.2 Å². The van der Waals surface area contributed by atoms with Gasteiger partial charge in [0.2, 0.25) is 5.91 Å². The number of halogens is 3. The molecule has 0 bridgehead atoms. The average molecular weight is 535 g/mol. The summed E-state index contributed by atoms with van der Waals surface area (Å²) in [7, 11) is 0. The number of hydrogen-bond acceptors (Lipinski definition) is 7. The molecule has 0 aliphatic carbocycles. The summed E-state index contributed by atoms with van der Waals surface area (Å²) in [6, 6.07) is 7.84. The summed E-state index contributed by atoms with van der Waals surface area (Å²) < 4.78 is 41.6. The van der Waals surface area contributed by atoms with Gasteiger partial charge in [0.15, 0.2) is 11.6 Å². The van der Waals surface area contributed by atoms with Crippen molar-refractivity contribution in [1.29, 1.82) is 0 Å². The third-order valence-electron chi connectivity index (χ3n) is 6.23. The molecule has 2 aliphatic heterocycles. The maximum atomic E-state index is 14.8. The van der Waals surface area contributed by atoms with Crippen molar-refractivity contribution in [2.24, 2.45) is 5.73 Å². The molecule has 0 saturated carbocycles. The minimum atomic E-state index is -2.62. The van der Waals surface area contributed by atoms with Gasteiger partial charge in [0.25, 0.3) is 18.3 Å². The number of carboxylic acid groups (broad SMARTS) is 1. The monoisotopic (exact) mass is 534 g/mol. The Morgan fingerprint density at radius 1 is 1.16 bits per heavy atom. The smallest absolute Gasteiger partial charge is 0.290 e. The Morgan fingerprint density at radius 3 is 2.37 bits per heavy atom. The van der Waals surface area contributed by atoms with Gasteiger partial charge < -0.3 is 31.3 Å². The van der Waals surface area contributed by atoms with E-state index in [9.17, 15) is 22.8 Å². The number of pyridine rings is 1. The van der Waals surface area contributed by atoms with Crippen molar-refractivity contribution in [3.05, 3.63) is 54.4 Å². The maximum absolute atomic E-state index is 14.8. The van der Waals surface area contributed by atoms with Gasteiger partial charge in [-0.1, -0.05) is 6.58 Å². The molecule has 2 amide bonds. The molecular weight excluding hydrogens is 505 g/mol. The molecule has 204 valence electrons. The summed E-state index contributed by atoms with van der Waals surface area (Å²) in [5.74, 6) is -4.35. The van der Waals surface area contributed by atoms with Crippen LogP contribution in [0.25, 0.3) is 0 Å². The maximum Gasteiger partial charge on any atom is 0.290 e. The van der Waals surface area contributed by atoms with Gasteiger partial charge in [-0.05, 0) is 42.8 Å². The summed E-state index contributed by atoms with van der Waals surface area (Å²) in [5, 5.41) is 12.6. The lowest BCUT2D eigenvalue weighted by Crippen LogP contribution is -2.39. The predicted octanol–water partition coefficient (Wildman–Crippen LogP) is 2.88. The molecule has 13 heteroatoms. The zero-order chi connectivity index (χ0) is 27.9. The molecular formula is C25H29F3N6O4. The van der Waals surface area contributed by atoms with E-state index in [1.165, 1.54) is 6.08 Å². The summed E-state index contributed by atoms with van der Waals surface area (Å²) >= 11 is 0. The average Bonchev–Trinajstić information content (AvgIpc) is 3.34. The highest BCUT2D eigenvalue weighted by Gasteiger charge is 2.34. The molecule has 2 aromatic rings. The van der Waals surface area contributed by atoms with Crippen LogP contribution in [0.4, 0.5) is 36.2 Å². The fourth-order valence-electron chi connectivity index (χ4n) is 4.30. The standard InChI is InChI=1S/C24H27F3N6O2.CH2O2/c1-2-20(34)29-16-7-10-33(14-16)23-18(21(28)35)13-19(25)22(31-23)30-15-3-5-17(6-4-15)32-11-8-24(26,27)9-12-32;2-1-3/h2-6,13,16H,1,7-12,14H2,(H2,28,35)(H,29,34)(H,30,31);1H,(H,2,3)/t16-;/m0./s1. The second-order valence-electron chi connectivity index (χ2n) is 8.82. The Balaban J connectivity index is 0.00000127. The van der Waals surface area contributed by atoms with Crippen LogP contribution in [0, 0.1) is 5.82 Å². The van der Waals surface area contributed by atoms with Crippen LogP contribution < -0.4 is 26.2 Å². The Hall–Kier alpha value is -4.29. The molecule has 2 saturated heterocycles. The molecule has 0 radical (unpaired) electrons. The van der Waals surface area contributed by atoms with Crippen LogP contribution >= 0.6 is 0 Å². The number of piperidine rings is 1. The van der Waals surface area contributed by atoms with Gasteiger partial charge in [0.05, 0.1) is 5.56 Å². The topological polar surface area (TPSA) is 141 Å². The molecule has 1 aromatic carbocycles. The zero-order valence-corrected chi connectivity index (χ0v) is 20.5.